The lowest BCUT2D eigenvalue weighted by atomic mass is 9.58. The average molecular weight is 348 g/mol. The molecule has 0 aromatic heterocycles. The molecule has 0 aromatic rings. The van der Waals surface area contributed by atoms with E-state index in [4.69, 9.17) is 5.11 Å². The summed E-state index contributed by atoms with van der Waals surface area (Å²) >= 11 is 0. The van der Waals surface area contributed by atoms with Gasteiger partial charge in [-0.3, -0.25) is 14.4 Å². The van der Waals surface area contributed by atoms with Crippen molar-refractivity contribution in [3.05, 3.63) is 23.3 Å². The summed E-state index contributed by atoms with van der Waals surface area (Å²) in [7, 11) is 0. The summed E-state index contributed by atoms with van der Waals surface area (Å²) in [5, 5.41) is 9.03. The number of carboxylic acids is 1. The van der Waals surface area contributed by atoms with Crippen molar-refractivity contribution < 1.29 is 19.5 Å². The quantitative estimate of drug-likeness (QED) is 0.501. The highest BCUT2D eigenvalue weighted by Crippen LogP contribution is 2.47. The molecular formula is C21H32O4. The van der Waals surface area contributed by atoms with E-state index in [0.717, 1.165) is 18.4 Å². The zero-order valence-corrected chi connectivity index (χ0v) is 16.3. The Balaban J connectivity index is 3.02. The van der Waals surface area contributed by atoms with Gasteiger partial charge < -0.3 is 5.11 Å². The van der Waals surface area contributed by atoms with Gasteiger partial charge in [0.1, 0.15) is 11.6 Å². The van der Waals surface area contributed by atoms with Crippen LogP contribution in [0.2, 0.25) is 0 Å². The SMILES string of the molecule is CC(C)=CCCC1(C)CC(=O)C(CC=C(C)C)(CCC(=O)O)C(=O)C1. The van der Waals surface area contributed by atoms with Crippen molar-refractivity contribution >= 4 is 17.5 Å². The fraction of sp³-hybridized carbons (Fsp3) is 0.667. The first-order valence-corrected chi connectivity index (χ1v) is 9.06. The summed E-state index contributed by atoms with van der Waals surface area (Å²) in [6, 6.07) is 0. The predicted molar refractivity (Wildman–Crippen MR) is 99.4 cm³/mol. The Hall–Kier alpha value is -1.71. The van der Waals surface area contributed by atoms with Crippen molar-refractivity contribution in [2.45, 2.75) is 79.6 Å². The molecule has 1 aliphatic rings. The molecule has 4 heteroatoms. The lowest BCUT2D eigenvalue weighted by Gasteiger charge is -2.42. The molecule has 0 saturated heterocycles. The normalized spacial score (nSPS) is 26.3. The van der Waals surface area contributed by atoms with Crippen LogP contribution >= 0.6 is 0 Å². The van der Waals surface area contributed by atoms with Gasteiger partial charge in [-0.1, -0.05) is 30.2 Å². The number of Topliss-reactive ketones (excluding diaryl/α,β-unsaturated/α-hetero) is 2. The third-order valence-corrected chi connectivity index (χ3v) is 5.17. The lowest BCUT2D eigenvalue weighted by molar-refractivity contribution is -0.150. The van der Waals surface area contributed by atoms with Gasteiger partial charge in [0.2, 0.25) is 0 Å². The number of hydrogen-bond acceptors (Lipinski definition) is 3. The lowest BCUT2D eigenvalue weighted by Crippen LogP contribution is -2.48. The van der Waals surface area contributed by atoms with Gasteiger partial charge in [-0.05, 0) is 58.8 Å². The third-order valence-electron chi connectivity index (χ3n) is 5.17. The summed E-state index contributed by atoms with van der Waals surface area (Å²) in [5.74, 6) is -1.13. The first-order valence-electron chi connectivity index (χ1n) is 9.06. The first kappa shape index (κ1) is 21.3. The maximum atomic E-state index is 13.0. The van der Waals surface area contributed by atoms with E-state index >= 15 is 0 Å². The molecule has 0 aromatic carbocycles. The van der Waals surface area contributed by atoms with Gasteiger partial charge in [0.05, 0.1) is 5.41 Å². The second-order valence-electron chi connectivity index (χ2n) is 8.29. The van der Waals surface area contributed by atoms with E-state index in [0.29, 0.717) is 19.3 Å². The monoisotopic (exact) mass is 348 g/mol. The van der Waals surface area contributed by atoms with Crippen LogP contribution in [0.3, 0.4) is 0 Å². The van der Waals surface area contributed by atoms with Crippen LogP contribution in [0.15, 0.2) is 23.3 Å². The van der Waals surface area contributed by atoms with Gasteiger partial charge in [0.15, 0.2) is 0 Å². The van der Waals surface area contributed by atoms with E-state index in [1.54, 1.807) is 0 Å². The van der Waals surface area contributed by atoms with E-state index in [1.807, 2.05) is 40.7 Å². The van der Waals surface area contributed by atoms with Crippen molar-refractivity contribution in [2.24, 2.45) is 10.8 Å². The maximum Gasteiger partial charge on any atom is 0.303 e. The Labute approximate surface area is 151 Å². The Kier molecular flexibility index (Phi) is 7.33. The zero-order chi connectivity index (χ0) is 19.3. The van der Waals surface area contributed by atoms with Crippen molar-refractivity contribution in [3.63, 3.8) is 0 Å². The van der Waals surface area contributed by atoms with Crippen LogP contribution < -0.4 is 0 Å². The number of carbonyl (C=O) groups is 3. The number of hydrogen-bond donors (Lipinski definition) is 1. The molecule has 0 bridgehead atoms. The van der Waals surface area contributed by atoms with Crippen LogP contribution in [-0.2, 0) is 14.4 Å². The Morgan fingerprint density at radius 3 is 1.96 bits per heavy atom. The van der Waals surface area contributed by atoms with E-state index in [-0.39, 0.29) is 29.8 Å². The summed E-state index contributed by atoms with van der Waals surface area (Å²) < 4.78 is 0. The van der Waals surface area contributed by atoms with Gasteiger partial charge in [-0.15, -0.1) is 0 Å². The van der Waals surface area contributed by atoms with Crippen molar-refractivity contribution in [1.82, 2.24) is 0 Å². The minimum Gasteiger partial charge on any atom is -0.481 e. The van der Waals surface area contributed by atoms with Crippen LogP contribution in [0, 0.1) is 10.8 Å². The van der Waals surface area contributed by atoms with Crippen LogP contribution in [0.4, 0.5) is 0 Å². The van der Waals surface area contributed by atoms with Gasteiger partial charge in [-0.25, -0.2) is 0 Å². The second-order valence-corrected chi connectivity index (χ2v) is 8.29. The van der Waals surface area contributed by atoms with Gasteiger partial charge >= 0.3 is 5.97 Å². The number of aliphatic carboxylic acids is 1. The molecule has 0 aliphatic heterocycles. The van der Waals surface area contributed by atoms with E-state index in [1.165, 1.54) is 5.57 Å². The molecule has 0 unspecified atom stereocenters. The third kappa shape index (κ3) is 5.94. The molecule has 1 aliphatic carbocycles. The highest BCUT2D eigenvalue weighted by molar-refractivity contribution is 6.10. The maximum absolute atomic E-state index is 13.0. The van der Waals surface area contributed by atoms with Gasteiger partial charge in [0, 0.05) is 19.3 Å². The summed E-state index contributed by atoms with van der Waals surface area (Å²) in [4.78, 5) is 37.0. The molecule has 4 nitrogen and oxygen atoms in total. The summed E-state index contributed by atoms with van der Waals surface area (Å²) in [5.41, 5.74) is 0.798. The zero-order valence-electron chi connectivity index (χ0n) is 16.3. The van der Waals surface area contributed by atoms with E-state index < -0.39 is 11.4 Å². The molecule has 1 rings (SSSR count). The molecule has 0 heterocycles. The molecule has 25 heavy (non-hydrogen) atoms. The number of carboxylic acid groups (broad SMARTS) is 1. The topological polar surface area (TPSA) is 71.4 Å². The first-order chi connectivity index (χ1) is 11.5. The molecular weight excluding hydrogens is 316 g/mol. The molecule has 0 amide bonds. The standard InChI is InChI=1S/C21H32O4/c1-15(2)7-6-10-20(5)13-17(22)21(18(23)14-20,11-8-16(3)4)12-9-19(24)25/h7-8H,6,9-14H2,1-5H3,(H,24,25). The van der Waals surface area contributed by atoms with Crippen LogP contribution in [0.5, 0.6) is 0 Å². The molecule has 1 N–H and O–H groups in total. The Morgan fingerprint density at radius 1 is 1.00 bits per heavy atom. The highest BCUT2D eigenvalue weighted by Gasteiger charge is 2.51. The molecule has 0 spiro atoms. The summed E-state index contributed by atoms with van der Waals surface area (Å²) in [6.07, 6.45) is 6.67. The fourth-order valence-corrected chi connectivity index (χ4v) is 3.52. The fourth-order valence-electron chi connectivity index (χ4n) is 3.52. The van der Waals surface area contributed by atoms with Crippen LogP contribution in [0.1, 0.15) is 79.6 Å². The number of rotatable bonds is 8. The Morgan fingerprint density at radius 2 is 1.52 bits per heavy atom. The minimum atomic E-state index is -1.15. The number of carbonyl (C=O) groups excluding carboxylic acids is 2. The predicted octanol–water partition coefficient (Wildman–Crippen LogP) is 4.88. The molecule has 0 radical (unpaired) electrons. The largest absolute Gasteiger partial charge is 0.481 e. The van der Waals surface area contributed by atoms with E-state index in [9.17, 15) is 14.4 Å². The molecule has 0 atom stereocenters. The van der Waals surface area contributed by atoms with Crippen molar-refractivity contribution in [3.8, 4) is 0 Å². The number of ketones is 2. The van der Waals surface area contributed by atoms with Crippen LogP contribution in [0.25, 0.3) is 0 Å². The average Bonchev–Trinajstić information content (AvgIpc) is 2.45. The van der Waals surface area contributed by atoms with E-state index in [2.05, 4.69) is 6.08 Å². The summed E-state index contributed by atoms with van der Waals surface area (Å²) in [6.45, 7) is 9.92. The minimum absolute atomic E-state index is 0.0813. The van der Waals surface area contributed by atoms with Crippen molar-refractivity contribution in [2.75, 3.05) is 0 Å². The molecule has 1 saturated carbocycles. The Bertz CT molecular complexity index is 569. The molecule has 140 valence electrons. The second kappa shape index (κ2) is 8.59. The van der Waals surface area contributed by atoms with Crippen molar-refractivity contribution in [1.29, 1.82) is 0 Å². The van der Waals surface area contributed by atoms with Gasteiger partial charge in [-0.2, -0.15) is 0 Å². The number of allylic oxidation sites excluding steroid dienone is 4. The molecule has 1 fully saturated rings. The highest BCUT2D eigenvalue weighted by atomic mass is 16.4. The smallest absolute Gasteiger partial charge is 0.303 e. The van der Waals surface area contributed by atoms with Crippen LogP contribution in [-0.4, -0.2) is 22.6 Å². The van der Waals surface area contributed by atoms with Gasteiger partial charge in [0.25, 0.3) is 0 Å².